The first kappa shape index (κ1) is 10.0. The van der Waals surface area contributed by atoms with Crippen molar-refractivity contribution < 1.29 is 9.53 Å². The Morgan fingerprint density at radius 3 is 2.20 bits per heavy atom. The molecule has 59 valence electrons. The minimum absolute atomic E-state index is 0.0151. The fourth-order valence-corrected chi connectivity index (χ4v) is 4.03. The maximum absolute atomic E-state index is 10.8. The van der Waals surface area contributed by atoms with Crippen LogP contribution in [0.1, 0.15) is 13.8 Å². The van der Waals surface area contributed by atoms with Crippen molar-refractivity contribution in [3.63, 3.8) is 0 Å². The molecule has 0 unspecified atom stereocenters. The minimum atomic E-state index is -0.992. The van der Waals surface area contributed by atoms with E-state index in [0.29, 0.717) is 0 Å². The van der Waals surface area contributed by atoms with Crippen LogP contribution in [-0.4, -0.2) is 27.4 Å². The molecule has 3 heteroatoms. The Morgan fingerprint density at radius 2 is 1.90 bits per heavy atom. The van der Waals surface area contributed by atoms with Gasteiger partial charge < -0.3 is 0 Å². The Balaban J connectivity index is 3.52. The van der Waals surface area contributed by atoms with E-state index in [0.717, 1.165) is 5.25 Å². The summed E-state index contributed by atoms with van der Waals surface area (Å²) in [5.74, 6) is -0.0151. The summed E-state index contributed by atoms with van der Waals surface area (Å²) >= 11 is -0.992. The van der Waals surface area contributed by atoms with Gasteiger partial charge in [-0.05, 0) is 0 Å². The van der Waals surface area contributed by atoms with Crippen molar-refractivity contribution in [2.45, 2.75) is 29.6 Å². The van der Waals surface area contributed by atoms with Crippen LogP contribution in [0.15, 0.2) is 0 Å². The Morgan fingerprint density at radius 1 is 1.40 bits per heavy atom. The van der Waals surface area contributed by atoms with Gasteiger partial charge >= 0.3 is 66.6 Å². The third kappa shape index (κ3) is 3.93. The molecule has 0 aliphatic rings. The van der Waals surface area contributed by atoms with Crippen molar-refractivity contribution >= 4 is 20.3 Å². The molecule has 0 atom stereocenters. The van der Waals surface area contributed by atoms with Gasteiger partial charge in [-0.15, -0.1) is 0 Å². The zero-order chi connectivity index (χ0) is 7.98. The number of rotatable bonds is 4. The molecule has 0 aliphatic carbocycles. The van der Waals surface area contributed by atoms with Crippen LogP contribution in [0.3, 0.4) is 0 Å². The van der Waals surface area contributed by atoms with E-state index in [9.17, 15) is 4.79 Å². The molecule has 0 bridgehead atoms. The zero-order valence-electron chi connectivity index (χ0n) is 6.94. The first-order chi connectivity index (χ1) is 4.74. The van der Waals surface area contributed by atoms with E-state index in [2.05, 4.69) is 18.6 Å². The van der Waals surface area contributed by atoms with Crippen LogP contribution >= 0.6 is 0 Å². The van der Waals surface area contributed by atoms with Crippen molar-refractivity contribution in [1.82, 2.24) is 0 Å². The second-order valence-corrected chi connectivity index (χ2v) is 9.07. The standard InChI is InChI=1S/C7H15GeO2/c1-4-8(5-2)6-7(9)10-3/h4-6H2,1-3H3. The molecule has 2 nitrogen and oxygen atoms in total. The summed E-state index contributed by atoms with van der Waals surface area (Å²) in [6.45, 7) is 4.34. The number of hydrogen-bond acceptors (Lipinski definition) is 2. The Hall–Kier alpha value is 0.0129. The molecule has 0 aromatic carbocycles. The molecule has 0 N–H and O–H groups in total. The topological polar surface area (TPSA) is 26.3 Å². The summed E-state index contributed by atoms with van der Waals surface area (Å²) in [6.07, 6.45) is 0. The van der Waals surface area contributed by atoms with E-state index in [1.165, 1.54) is 17.6 Å². The van der Waals surface area contributed by atoms with Crippen molar-refractivity contribution in [2.75, 3.05) is 7.11 Å². The van der Waals surface area contributed by atoms with E-state index in [4.69, 9.17) is 0 Å². The van der Waals surface area contributed by atoms with E-state index in [1.807, 2.05) is 0 Å². The first-order valence-electron chi connectivity index (χ1n) is 3.64. The average Bonchev–Trinajstić information content (AvgIpc) is 1.99. The normalized spacial score (nSPS) is 10.0. The quantitative estimate of drug-likeness (QED) is 0.514. The summed E-state index contributed by atoms with van der Waals surface area (Å²) in [7, 11) is 1.46. The SMILES string of the molecule is C[CH2][Ge]([CH2]C)[CH2]C(=O)OC. The average molecular weight is 204 g/mol. The monoisotopic (exact) mass is 205 g/mol. The number of esters is 1. The van der Waals surface area contributed by atoms with Gasteiger partial charge in [-0.25, -0.2) is 0 Å². The molecule has 0 saturated carbocycles. The van der Waals surface area contributed by atoms with Crippen LogP contribution in [-0.2, 0) is 9.53 Å². The van der Waals surface area contributed by atoms with Crippen molar-refractivity contribution in [3.8, 4) is 0 Å². The summed E-state index contributed by atoms with van der Waals surface area (Å²) in [5, 5.41) is 3.20. The Kier molecular flexibility index (Phi) is 5.78. The van der Waals surface area contributed by atoms with Gasteiger partial charge in [0.2, 0.25) is 0 Å². The van der Waals surface area contributed by atoms with Crippen LogP contribution in [0, 0.1) is 0 Å². The molecule has 0 aromatic heterocycles. The fourth-order valence-electron chi connectivity index (χ4n) is 0.776. The molecule has 0 aliphatic heterocycles. The van der Waals surface area contributed by atoms with Gasteiger partial charge in [-0.3, -0.25) is 0 Å². The summed E-state index contributed by atoms with van der Waals surface area (Å²) in [6, 6.07) is 0. The van der Waals surface area contributed by atoms with Crippen LogP contribution in [0.5, 0.6) is 0 Å². The van der Waals surface area contributed by atoms with E-state index < -0.39 is 14.3 Å². The predicted octanol–water partition coefficient (Wildman–Crippen LogP) is 1.69. The van der Waals surface area contributed by atoms with Crippen LogP contribution in [0.4, 0.5) is 0 Å². The van der Waals surface area contributed by atoms with E-state index >= 15 is 0 Å². The second-order valence-electron chi connectivity index (χ2n) is 2.21. The second kappa shape index (κ2) is 5.77. The summed E-state index contributed by atoms with van der Waals surface area (Å²) in [5.41, 5.74) is 0. The maximum atomic E-state index is 10.8. The number of carbonyl (C=O) groups is 1. The molecule has 1 radical (unpaired) electrons. The number of hydrogen-bond donors (Lipinski definition) is 0. The molecule has 0 spiro atoms. The molecule has 0 aromatic rings. The van der Waals surface area contributed by atoms with Crippen molar-refractivity contribution in [1.29, 1.82) is 0 Å². The van der Waals surface area contributed by atoms with Crippen molar-refractivity contribution in [2.24, 2.45) is 0 Å². The zero-order valence-corrected chi connectivity index (χ0v) is 9.04. The van der Waals surface area contributed by atoms with Gasteiger partial charge in [0.05, 0.1) is 0 Å². The molecular weight excluding hydrogens is 189 g/mol. The van der Waals surface area contributed by atoms with Crippen LogP contribution in [0.25, 0.3) is 0 Å². The van der Waals surface area contributed by atoms with Gasteiger partial charge in [0.1, 0.15) is 0 Å². The molecule has 0 saturated heterocycles. The predicted molar refractivity (Wildman–Crippen MR) is 43.5 cm³/mol. The molecule has 0 heterocycles. The van der Waals surface area contributed by atoms with Crippen LogP contribution in [0.2, 0.25) is 15.8 Å². The Labute approximate surface area is 67.1 Å². The third-order valence-electron chi connectivity index (χ3n) is 1.62. The molecule has 0 rings (SSSR count). The van der Waals surface area contributed by atoms with Gasteiger partial charge in [-0.2, -0.15) is 0 Å². The summed E-state index contributed by atoms with van der Waals surface area (Å²) < 4.78 is 4.59. The molecule has 10 heavy (non-hydrogen) atoms. The third-order valence-corrected chi connectivity index (χ3v) is 7.47. The first-order valence-corrected chi connectivity index (χ1v) is 8.10. The Bertz CT molecular complexity index is 99.8. The fraction of sp³-hybridized carbons (Fsp3) is 0.857. The molecular formula is C7H15GeO2. The van der Waals surface area contributed by atoms with Crippen LogP contribution < -0.4 is 0 Å². The number of methoxy groups -OCH3 is 1. The van der Waals surface area contributed by atoms with Gasteiger partial charge in [0.25, 0.3) is 0 Å². The number of ether oxygens (including phenoxy) is 1. The van der Waals surface area contributed by atoms with Gasteiger partial charge in [-0.1, -0.05) is 0 Å². The van der Waals surface area contributed by atoms with E-state index in [1.54, 1.807) is 0 Å². The summed E-state index contributed by atoms with van der Waals surface area (Å²) in [4.78, 5) is 10.8. The number of carbonyl (C=O) groups excluding carboxylic acids is 1. The van der Waals surface area contributed by atoms with E-state index in [-0.39, 0.29) is 5.97 Å². The molecule has 0 fully saturated rings. The van der Waals surface area contributed by atoms with Crippen molar-refractivity contribution in [3.05, 3.63) is 0 Å². The molecule has 0 amide bonds. The van der Waals surface area contributed by atoms with Gasteiger partial charge in [0, 0.05) is 0 Å². The van der Waals surface area contributed by atoms with Gasteiger partial charge in [0.15, 0.2) is 0 Å².